The lowest BCUT2D eigenvalue weighted by Gasteiger charge is -2.42. The highest BCUT2D eigenvalue weighted by Gasteiger charge is 2.85. The molecule has 6 fully saturated rings. The molecule has 6 aliphatic rings. The molecule has 4 aliphatic carbocycles. The van der Waals surface area contributed by atoms with E-state index in [0.29, 0.717) is 44.9 Å². The fourth-order valence-electron chi connectivity index (χ4n) is 10.2. The van der Waals surface area contributed by atoms with Crippen LogP contribution in [0.2, 0.25) is 0 Å². The first kappa shape index (κ1) is 40.7. The van der Waals surface area contributed by atoms with E-state index in [2.05, 4.69) is 59.8 Å². The number of likely N-dealkylation sites (tertiary alicyclic amines) is 2. The van der Waals surface area contributed by atoms with Gasteiger partial charge in [-0.1, -0.05) is 67.9 Å². The lowest BCUT2D eigenvalue weighted by molar-refractivity contribution is -0.145. The summed E-state index contributed by atoms with van der Waals surface area (Å²) in [6.45, 7) is 25.2. The number of rotatable bonds is 12. The van der Waals surface area contributed by atoms with Crippen LogP contribution in [0.15, 0.2) is 12.7 Å². The number of carbonyl (C=O) groups is 5. The summed E-state index contributed by atoms with van der Waals surface area (Å²) in [5.74, 6) is -3.06. The molecule has 0 aromatic carbocycles. The van der Waals surface area contributed by atoms with Crippen LogP contribution >= 0.6 is 0 Å². The fraction of sp³-hybridized carbons (Fsp3) is 0.825. The number of carbonyl (C=O) groups excluding carboxylic acids is 5. The quantitative estimate of drug-likeness (QED) is 0.219. The van der Waals surface area contributed by atoms with Gasteiger partial charge in [0.25, 0.3) is 5.91 Å². The molecule has 4 saturated carbocycles. The van der Waals surface area contributed by atoms with E-state index >= 15 is 4.79 Å². The molecule has 2 saturated heterocycles. The van der Waals surface area contributed by atoms with Crippen molar-refractivity contribution in [3.8, 4) is 0 Å². The van der Waals surface area contributed by atoms with Crippen molar-refractivity contribution in [1.29, 1.82) is 0 Å². The number of hydrogen-bond acceptors (Lipinski definition) is 8. The molecule has 5 amide bonds. The van der Waals surface area contributed by atoms with Crippen molar-refractivity contribution in [2.45, 2.75) is 149 Å². The van der Waals surface area contributed by atoms with Crippen LogP contribution in [0.1, 0.15) is 114 Å². The molecule has 2 heterocycles. The molecule has 0 radical (unpaired) electrons. The molecule has 0 unspecified atom stereocenters. The summed E-state index contributed by atoms with van der Waals surface area (Å²) >= 11 is 0. The summed E-state index contributed by atoms with van der Waals surface area (Å²) in [6, 6.07) is -2.59. The highest BCUT2D eigenvalue weighted by molar-refractivity contribution is 7.91. The summed E-state index contributed by atoms with van der Waals surface area (Å²) in [5, 5.41) is 8.34. The smallest absolute Gasteiger partial charge is 0.259 e. The molecular formula is C40H64N6O7S. The highest BCUT2D eigenvalue weighted by Crippen LogP contribution is 2.88. The van der Waals surface area contributed by atoms with Gasteiger partial charge >= 0.3 is 0 Å². The zero-order valence-electron chi connectivity index (χ0n) is 34.1. The second kappa shape index (κ2) is 13.0. The topological polar surface area (TPSA) is 174 Å². The SMILES string of the molecule is C=C[C@@H]1C[C@]1(NC(=O)[C@@H]1C[C@@]2(CN1C(=O)[C@@H](NC(=O)[C@@H](NC(=O)C1CN(C(C)C)C1)C(C)(C)C)C(C)(C)C)C(C)(C)C21CCC1)C(=O)NS(=O)(=O)C1CC1. The van der Waals surface area contributed by atoms with Crippen LogP contribution in [0.5, 0.6) is 0 Å². The number of hydrogen-bond donors (Lipinski definition) is 4. The van der Waals surface area contributed by atoms with E-state index in [4.69, 9.17) is 0 Å². The van der Waals surface area contributed by atoms with Crippen LogP contribution < -0.4 is 20.7 Å². The summed E-state index contributed by atoms with van der Waals surface area (Å²) in [6.07, 6.45) is 6.20. The Labute approximate surface area is 322 Å². The minimum absolute atomic E-state index is 0.0149. The number of fused-ring (bicyclic) bond motifs is 1. The highest BCUT2D eigenvalue weighted by atomic mass is 32.2. The third-order valence-electron chi connectivity index (χ3n) is 14.5. The molecule has 0 bridgehead atoms. The van der Waals surface area contributed by atoms with E-state index in [1.807, 2.05) is 41.5 Å². The van der Waals surface area contributed by atoms with E-state index < -0.39 is 79.3 Å². The molecule has 0 aromatic rings. The molecular weight excluding hydrogens is 709 g/mol. The molecule has 54 heavy (non-hydrogen) atoms. The van der Waals surface area contributed by atoms with Gasteiger partial charge in [-0.2, -0.15) is 0 Å². The molecule has 2 aliphatic heterocycles. The second-order valence-corrected chi connectivity index (χ2v) is 22.3. The lowest BCUT2D eigenvalue weighted by atomic mass is 9.73. The van der Waals surface area contributed by atoms with Crippen molar-refractivity contribution in [2.24, 2.45) is 38.9 Å². The number of nitrogens with zero attached hydrogens (tertiary/aromatic N) is 2. The van der Waals surface area contributed by atoms with E-state index in [-0.39, 0.29) is 34.5 Å². The molecule has 2 spiro atoms. The minimum atomic E-state index is -3.87. The van der Waals surface area contributed by atoms with Gasteiger partial charge in [-0.15, -0.1) is 6.58 Å². The summed E-state index contributed by atoms with van der Waals surface area (Å²) < 4.78 is 27.7. The average Bonchev–Trinajstić information content (AvgIpc) is 3.93. The van der Waals surface area contributed by atoms with Crippen LogP contribution in [0.3, 0.4) is 0 Å². The van der Waals surface area contributed by atoms with Gasteiger partial charge in [0.15, 0.2) is 0 Å². The maximum absolute atomic E-state index is 15.0. The van der Waals surface area contributed by atoms with Crippen LogP contribution in [-0.4, -0.2) is 102 Å². The maximum atomic E-state index is 15.0. The average molecular weight is 773 g/mol. The Morgan fingerprint density at radius 2 is 1.44 bits per heavy atom. The molecule has 4 N–H and O–H groups in total. The van der Waals surface area contributed by atoms with Gasteiger partial charge in [0.1, 0.15) is 23.7 Å². The van der Waals surface area contributed by atoms with Crippen molar-refractivity contribution in [2.75, 3.05) is 19.6 Å². The Morgan fingerprint density at radius 3 is 1.89 bits per heavy atom. The lowest BCUT2D eigenvalue weighted by Crippen LogP contribution is -2.64. The first-order valence-corrected chi connectivity index (χ1v) is 21.5. The van der Waals surface area contributed by atoms with E-state index in [1.54, 1.807) is 11.0 Å². The van der Waals surface area contributed by atoms with Crippen LogP contribution in [0.25, 0.3) is 0 Å². The van der Waals surface area contributed by atoms with Crippen molar-refractivity contribution in [1.82, 2.24) is 30.5 Å². The summed E-state index contributed by atoms with van der Waals surface area (Å²) in [7, 11) is -3.87. The van der Waals surface area contributed by atoms with Gasteiger partial charge < -0.3 is 20.9 Å². The number of nitrogens with one attached hydrogen (secondary N) is 4. The number of sulfonamides is 1. The standard InChI is InChI=1S/C40H64N6O7S/c1-12-25-18-40(25,34(51)44-54(52,53)26-14-15-26)43-31(48)27-19-39(37(10,11)38(39)16-13-17-38)22-46(27)33(50)29(36(7,8)9)42-32(49)28(35(4,5)6)41-30(47)24-20-45(21-24)23(2)3/h12,23-29H,1,13-22H2,2-11H3,(H,41,47)(H,42,49)(H,43,48)(H,44,51)/t25-,27+,28-,29-,39-,40-/m1/s1. The minimum Gasteiger partial charge on any atom is -0.343 e. The maximum Gasteiger partial charge on any atom is 0.259 e. The third-order valence-corrected chi connectivity index (χ3v) is 16.3. The van der Waals surface area contributed by atoms with Crippen molar-refractivity contribution in [3.05, 3.63) is 12.7 Å². The van der Waals surface area contributed by atoms with Gasteiger partial charge in [0.05, 0.1) is 11.2 Å². The van der Waals surface area contributed by atoms with Crippen molar-refractivity contribution in [3.63, 3.8) is 0 Å². The largest absolute Gasteiger partial charge is 0.343 e. The van der Waals surface area contributed by atoms with Gasteiger partial charge in [-0.25, -0.2) is 8.42 Å². The van der Waals surface area contributed by atoms with Gasteiger partial charge in [-0.05, 0) is 74.0 Å². The summed E-state index contributed by atoms with van der Waals surface area (Å²) in [4.78, 5) is 74.5. The molecule has 302 valence electrons. The van der Waals surface area contributed by atoms with E-state index in [1.165, 1.54) is 0 Å². The Balaban J connectivity index is 1.26. The Bertz CT molecular complexity index is 1720. The Morgan fingerprint density at radius 1 is 0.852 bits per heavy atom. The Kier molecular flexibility index (Phi) is 9.81. The van der Waals surface area contributed by atoms with Crippen LogP contribution in [0, 0.1) is 38.9 Å². The zero-order chi connectivity index (χ0) is 40.2. The molecule has 6 rings (SSSR count). The predicted molar refractivity (Wildman–Crippen MR) is 205 cm³/mol. The van der Waals surface area contributed by atoms with E-state index in [9.17, 15) is 27.6 Å². The normalized spacial score (nSPS) is 31.2. The van der Waals surface area contributed by atoms with Gasteiger partial charge in [0.2, 0.25) is 33.7 Å². The van der Waals surface area contributed by atoms with Crippen molar-refractivity contribution < 1.29 is 32.4 Å². The molecule has 14 heteroatoms. The molecule has 0 aromatic heterocycles. The predicted octanol–water partition coefficient (Wildman–Crippen LogP) is 2.86. The first-order chi connectivity index (χ1) is 24.8. The third kappa shape index (κ3) is 6.48. The van der Waals surface area contributed by atoms with E-state index in [0.717, 1.165) is 19.3 Å². The second-order valence-electron chi connectivity index (χ2n) is 20.4. The summed E-state index contributed by atoms with van der Waals surface area (Å²) in [5.41, 5.74) is -3.42. The molecule has 13 nitrogen and oxygen atoms in total. The Hall–Kier alpha value is -3.00. The number of amides is 5. The van der Waals surface area contributed by atoms with Crippen LogP contribution in [0.4, 0.5) is 0 Å². The monoisotopic (exact) mass is 772 g/mol. The van der Waals surface area contributed by atoms with Gasteiger partial charge in [-0.3, -0.25) is 33.6 Å². The molecule has 6 atom stereocenters. The first-order valence-electron chi connectivity index (χ1n) is 19.9. The zero-order valence-corrected chi connectivity index (χ0v) is 34.9. The van der Waals surface area contributed by atoms with Crippen molar-refractivity contribution >= 4 is 39.6 Å². The van der Waals surface area contributed by atoms with Crippen LogP contribution in [-0.2, 0) is 34.0 Å². The fourth-order valence-corrected chi connectivity index (χ4v) is 11.5. The van der Waals surface area contributed by atoms with Gasteiger partial charge in [0, 0.05) is 37.0 Å².